The molecule has 3 aromatic rings. The Balaban J connectivity index is 1.87. The van der Waals surface area contributed by atoms with Crippen LogP contribution in [0.1, 0.15) is 5.56 Å². The van der Waals surface area contributed by atoms with Crippen molar-refractivity contribution in [1.29, 1.82) is 0 Å². The molecule has 0 spiro atoms. The number of aliphatic hydroxyl groups is 1. The molecular formula is C20H26N6O3. The fourth-order valence-corrected chi connectivity index (χ4v) is 3.18. The fraction of sp³-hybridized carbons (Fsp3) is 0.350. The molecule has 0 saturated carbocycles. The summed E-state index contributed by atoms with van der Waals surface area (Å²) in [5.74, 6) is 0.403. The Labute approximate surface area is 167 Å². The van der Waals surface area contributed by atoms with E-state index in [2.05, 4.69) is 22.2 Å². The van der Waals surface area contributed by atoms with Crippen molar-refractivity contribution in [2.45, 2.75) is 19.2 Å². The molecule has 3 N–H and O–H groups in total. The van der Waals surface area contributed by atoms with Gasteiger partial charge >= 0.3 is 5.69 Å². The lowest BCUT2D eigenvalue weighted by Gasteiger charge is -2.15. The second-order valence-corrected chi connectivity index (χ2v) is 6.86. The molecular weight excluding hydrogens is 372 g/mol. The molecule has 0 aliphatic carbocycles. The van der Waals surface area contributed by atoms with E-state index in [-0.39, 0.29) is 17.7 Å². The molecule has 0 aliphatic rings. The van der Waals surface area contributed by atoms with Gasteiger partial charge < -0.3 is 20.3 Å². The summed E-state index contributed by atoms with van der Waals surface area (Å²) in [6.07, 6.45) is 0.904. The van der Waals surface area contributed by atoms with Crippen LogP contribution in [0.15, 0.2) is 52.6 Å². The van der Waals surface area contributed by atoms with Crippen LogP contribution in [0.4, 0.5) is 5.95 Å². The van der Waals surface area contributed by atoms with Gasteiger partial charge in [-0.25, -0.2) is 4.79 Å². The largest absolute Gasteiger partial charge is 0.390 e. The van der Waals surface area contributed by atoms with Crippen molar-refractivity contribution in [2.75, 3.05) is 18.4 Å². The summed E-state index contributed by atoms with van der Waals surface area (Å²) in [6.45, 7) is 5.21. The van der Waals surface area contributed by atoms with Gasteiger partial charge in [-0.3, -0.25) is 13.9 Å². The van der Waals surface area contributed by atoms with Crippen molar-refractivity contribution < 1.29 is 5.11 Å². The topological polar surface area (TPSA) is 106 Å². The molecule has 0 saturated heterocycles. The standard InChI is InChI=1S/C20H26N6O3/c1-4-10-22-19-23-17-16(18(28)25(3)20(29)24(17)2)26(19)13-15(27)12-21-11-14-8-6-5-7-9-14/h4-9,15,21,27H,1,10-13H2,2-3H3,(H,22,23). The Morgan fingerprint density at radius 3 is 2.62 bits per heavy atom. The summed E-state index contributed by atoms with van der Waals surface area (Å²) < 4.78 is 3.99. The first-order valence-electron chi connectivity index (χ1n) is 9.37. The zero-order chi connectivity index (χ0) is 21.0. The maximum absolute atomic E-state index is 12.7. The highest BCUT2D eigenvalue weighted by Gasteiger charge is 2.20. The zero-order valence-electron chi connectivity index (χ0n) is 16.6. The number of nitrogens with one attached hydrogen (secondary N) is 2. The number of hydrogen-bond donors (Lipinski definition) is 3. The van der Waals surface area contributed by atoms with Crippen molar-refractivity contribution >= 4 is 17.1 Å². The molecule has 0 amide bonds. The quantitative estimate of drug-likeness (QED) is 0.444. The van der Waals surface area contributed by atoms with Gasteiger partial charge in [-0.15, -0.1) is 6.58 Å². The van der Waals surface area contributed by atoms with Crippen LogP contribution >= 0.6 is 0 Å². The summed E-state index contributed by atoms with van der Waals surface area (Å²) in [5.41, 5.74) is 0.751. The number of rotatable bonds is 9. The van der Waals surface area contributed by atoms with Crippen molar-refractivity contribution in [2.24, 2.45) is 14.1 Å². The number of hydrogen-bond acceptors (Lipinski definition) is 6. The highest BCUT2D eigenvalue weighted by Crippen LogP contribution is 2.16. The van der Waals surface area contributed by atoms with Gasteiger partial charge in [-0.2, -0.15) is 4.98 Å². The van der Waals surface area contributed by atoms with Crippen LogP contribution in [-0.4, -0.2) is 43.0 Å². The minimum absolute atomic E-state index is 0.144. The van der Waals surface area contributed by atoms with Gasteiger partial charge in [0.05, 0.1) is 12.6 Å². The number of aryl methyl sites for hydroxylation is 1. The first kappa shape index (κ1) is 20.6. The summed E-state index contributed by atoms with van der Waals surface area (Å²) >= 11 is 0. The highest BCUT2D eigenvalue weighted by molar-refractivity contribution is 5.74. The molecule has 1 atom stereocenters. The molecule has 3 rings (SSSR count). The highest BCUT2D eigenvalue weighted by atomic mass is 16.3. The Kier molecular flexibility index (Phi) is 6.30. The van der Waals surface area contributed by atoms with Crippen LogP contribution in [-0.2, 0) is 27.2 Å². The molecule has 9 heteroatoms. The third-order valence-electron chi connectivity index (χ3n) is 4.70. The van der Waals surface area contributed by atoms with Crippen molar-refractivity contribution in [1.82, 2.24) is 24.0 Å². The number of aromatic nitrogens is 4. The second kappa shape index (κ2) is 8.89. The molecule has 154 valence electrons. The monoisotopic (exact) mass is 398 g/mol. The van der Waals surface area contributed by atoms with Crippen LogP contribution in [0.5, 0.6) is 0 Å². The van der Waals surface area contributed by atoms with Crippen molar-refractivity contribution in [3.63, 3.8) is 0 Å². The van der Waals surface area contributed by atoms with Crippen LogP contribution in [0.25, 0.3) is 11.2 Å². The zero-order valence-corrected chi connectivity index (χ0v) is 16.6. The normalized spacial score (nSPS) is 12.2. The summed E-state index contributed by atoms with van der Waals surface area (Å²) in [4.78, 5) is 29.4. The van der Waals surface area contributed by atoms with Gasteiger partial charge in [0.2, 0.25) is 5.95 Å². The lowest BCUT2D eigenvalue weighted by molar-refractivity contribution is 0.153. The van der Waals surface area contributed by atoms with E-state index in [4.69, 9.17) is 0 Å². The molecule has 0 radical (unpaired) electrons. The Morgan fingerprint density at radius 1 is 1.21 bits per heavy atom. The summed E-state index contributed by atoms with van der Waals surface area (Å²) in [7, 11) is 2.99. The van der Waals surface area contributed by atoms with Crippen molar-refractivity contribution in [3.05, 3.63) is 69.4 Å². The van der Waals surface area contributed by atoms with Gasteiger partial charge in [-0.1, -0.05) is 36.4 Å². The average molecular weight is 398 g/mol. The minimum atomic E-state index is -0.762. The molecule has 9 nitrogen and oxygen atoms in total. The van der Waals surface area contributed by atoms with E-state index in [0.29, 0.717) is 25.6 Å². The van der Waals surface area contributed by atoms with E-state index in [1.54, 1.807) is 17.7 Å². The fourth-order valence-electron chi connectivity index (χ4n) is 3.18. The van der Waals surface area contributed by atoms with Gasteiger partial charge in [-0.05, 0) is 5.56 Å². The SMILES string of the molecule is C=CCNc1nc2c(c(=O)n(C)c(=O)n2C)n1CC(O)CNCc1ccccc1. The molecule has 2 heterocycles. The van der Waals surface area contributed by atoms with E-state index in [0.717, 1.165) is 10.1 Å². The first-order valence-corrected chi connectivity index (χ1v) is 9.37. The van der Waals surface area contributed by atoms with Crippen LogP contribution in [0.3, 0.4) is 0 Å². The van der Waals surface area contributed by atoms with Gasteiger partial charge in [0.15, 0.2) is 11.2 Å². The van der Waals surface area contributed by atoms with E-state index in [9.17, 15) is 14.7 Å². The summed E-state index contributed by atoms with van der Waals surface area (Å²) in [6, 6.07) is 9.88. The van der Waals surface area contributed by atoms with Crippen LogP contribution in [0, 0.1) is 0 Å². The summed E-state index contributed by atoms with van der Waals surface area (Å²) in [5, 5.41) is 16.8. The molecule has 0 bridgehead atoms. The third-order valence-corrected chi connectivity index (χ3v) is 4.70. The first-order chi connectivity index (χ1) is 13.9. The van der Waals surface area contributed by atoms with Crippen LogP contribution < -0.4 is 21.9 Å². The Morgan fingerprint density at radius 2 is 1.93 bits per heavy atom. The molecule has 0 fully saturated rings. The van der Waals surface area contributed by atoms with E-state index >= 15 is 0 Å². The van der Waals surface area contributed by atoms with Gasteiger partial charge in [0.1, 0.15) is 0 Å². The average Bonchev–Trinajstić information content (AvgIpc) is 3.08. The Hall–Kier alpha value is -3.17. The number of imidazole rings is 1. The number of aliphatic hydroxyl groups excluding tert-OH is 1. The lowest BCUT2D eigenvalue weighted by Crippen LogP contribution is -2.38. The molecule has 29 heavy (non-hydrogen) atoms. The number of anilines is 1. The molecule has 1 aromatic carbocycles. The van der Waals surface area contributed by atoms with Gasteiger partial charge in [0.25, 0.3) is 5.56 Å². The van der Waals surface area contributed by atoms with E-state index in [1.807, 2.05) is 30.3 Å². The maximum atomic E-state index is 12.7. The van der Waals surface area contributed by atoms with Crippen LogP contribution in [0.2, 0.25) is 0 Å². The molecule has 2 aromatic heterocycles. The van der Waals surface area contributed by atoms with Gasteiger partial charge in [0, 0.05) is 33.7 Å². The number of benzene rings is 1. The smallest absolute Gasteiger partial charge is 0.332 e. The lowest BCUT2D eigenvalue weighted by atomic mass is 10.2. The van der Waals surface area contributed by atoms with Crippen molar-refractivity contribution in [3.8, 4) is 0 Å². The maximum Gasteiger partial charge on any atom is 0.332 e. The minimum Gasteiger partial charge on any atom is -0.390 e. The Bertz CT molecular complexity index is 1110. The molecule has 1 unspecified atom stereocenters. The second-order valence-electron chi connectivity index (χ2n) is 6.86. The molecule has 0 aliphatic heterocycles. The number of fused-ring (bicyclic) bond motifs is 1. The third kappa shape index (κ3) is 4.30. The van der Waals surface area contributed by atoms with E-state index in [1.165, 1.54) is 11.6 Å². The number of nitrogens with zero attached hydrogens (tertiary/aromatic N) is 4. The predicted octanol–water partition coefficient (Wildman–Crippen LogP) is 0.182. The predicted molar refractivity (Wildman–Crippen MR) is 113 cm³/mol. The van der Waals surface area contributed by atoms with E-state index < -0.39 is 17.4 Å².